The standard InChI is InChI=1S/C11H15FN2O/c1-5-8-10(9(12)6(2)3)14-11(15)7(4)13-8/h5-6H,1-4H3,(H,14,15)/b8-5+,10-9-. The number of aryl methyl sites for hydroxylation is 1. The summed E-state index contributed by atoms with van der Waals surface area (Å²) in [5.41, 5.74) is 0.00908. The van der Waals surface area contributed by atoms with Crippen LogP contribution in [0.4, 0.5) is 4.39 Å². The molecule has 0 spiro atoms. The molecule has 0 saturated carbocycles. The van der Waals surface area contributed by atoms with Gasteiger partial charge < -0.3 is 4.98 Å². The van der Waals surface area contributed by atoms with E-state index in [1.165, 1.54) is 0 Å². The Labute approximate surface area is 87.4 Å². The Morgan fingerprint density at radius 2 is 2.13 bits per heavy atom. The fourth-order valence-electron chi connectivity index (χ4n) is 1.23. The fraction of sp³-hybridized carbons (Fsp3) is 0.455. The maximum absolute atomic E-state index is 13.7. The average Bonchev–Trinajstić information content (AvgIpc) is 2.20. The molecule has 15 heavy (non-hydrogen) atoms. The van der Waals surface area contributed by atoms with Crippen molar-refractivity contribution < 1.29 is 4.39 Å². The minimum atomic E-state index is -0.341. The third kappa shape index (κ3) is 2.32. The Morgan fingerprint density at radius 1 is 1.53 bits per heavy atom. The van der Waals surface area contributed by atoms with Crippen molar-refractivity contribution in [2.24, 2.45) is 5.92 Å². The number of aromatic nitrogens is 2. The molecular weight excluding hydrogens is 195 g/mol. The van der Waals surface area contributed by atoms with Crippen LogP contribution in [0, 0.1) is 12.8 Å². The van der Waals surface area contributed by atoms with E-state index in [0.717, 1.165) is 0 Å². The summed E-state index contributed by atoms with van der Waals surface area (Å²) in [6.45, 7) is 6.82. The van der Waals surface area contributed by atoms with Crippen molar-refractivity contribution in [3.8, 4) is 0 Å². The maximum Gasteiger partial charge on any atom is 0.269 e. The first-order valence-corrected chi connectivity index (χ1v) is 4.90. The number of halogens is 1. The lowest BCUT2D eigenvalue weighted by Gasteiger charge is -2.01. The normalized spacial score (nSPS) is 14.7. The Hall–Kier alpha value is -1.45. The quantitative estimate of drug-likeness (QED) is 0.738. The number of aromatic amines is 1. The van der Waals surface area contributed by atoms with Crippen LogP contribution >= 0.6 is 0 Å². The van der Waals surface area contributed by atoms with Gasteiger partial charge in [0, 0.05) is 5.92 Å². The zero-order valence-corrected chi connectivity index (χ0v) is 9.39. The Kier molecular flexibility index (Phi) is 3.39. The smallest absolute Gasteiger partial charge is 0.269 e. The number of hydrogen-bond donors (Lipinski definition) is 1. The van der Waals surface area contributed by atoms with E-state index in [1.54, 1.807) is 33.8 Å². The first kappa shape index (κ1) is 11.6. The zero-order valence-electron chi connectivity index (χ0n) is 9.39. The van der Waals surface area contributed by atoms with Gasteiger partial charge in [-0.3, -0.25) is 4.79 Å². The predicted molar refractivity (Wildman–Crippen MR) is 58.3 cm³/mol. The summed E-state index contributed by atoms with van der Waals surface area (Å²) in [4.78, 5) is 17.9. The number of nitrogens with zero attached hydrogens (tertiary/aromatic N) is 1. The SMILES string of the molecule is C/C=c1/nc(C)c(=O)[nH]/c1=C(\F)C(C)C. The Balaban J connectivity index is 3.78. The highest BCUT2D eigenvalue weighted by Gasteiger charge is 2.05. The zero-order chi connectivity index (χ0) is 11.6. The van der Waals surface area contributed by atoms with Gasteiger partial charge in [-0.05, 0) is 13.8 Å². The lowest BCUT2D eigenvalue weighted by Crippen LogP contribution is -2.40. The lowest BCUT2D eigenvalue weighted by atomic mass is 10.2. The Morgan fingerprint density at radius 3 is 2.60 bits per heavy atom. The highest BCUT2D eigenvalue weighted by Crippen LogP contribution is 2.07. The third-order valence-corrected chi connectivity index (χ3v) is 2.13. The van der Waals surface area contributed by atoms with Gasteiger partial charge in [-0.15, -0.1) is 0 Å². The first-order valence-electron chi connectivity index (χ1n) is 4.90. The monoisotopic (exact) mass is 210 g/mol. The van der Waals surface area contributed by atoms with Crippen LogP contribution in [-0.2, 0) is 0 Å². The molecule has 0 bridgehead atoms. The number of nitrogens with one attached hydrogen (secondary N) is 1. The van der Waals surface area contributed by atoms with E-state index >= 15 is 0 Å². The molecule has 0 aliphatic rings. The van der Waals surface area contributed by atoms with E-state index < -0.39 is 0 Å². The summed E-state index contributed by atoms with van der Waals surface area (Å²) < 4.78 is 13.7. The molecule has 0 aliphatic carbocycles. The van der Waals surface area contributed by atoms with Crippen LogP contribution in [0.2, 0.25) is 0 Å². The molecule has 0 amide bonds. The number of rotatable bonds is 1. The van der Waals surface area contributed by atoms with Gasteiger partial charge in [-0.2, -0.15) is 0 Å². The average molecular weight is 210 g/mol. The van der Waals surface area contributed by atoms with Crippen molar-refractivity contribution in [1.29, 1.82) is 0 Å². The van der Waals surface area contributed by atoms with Crippen LogP contribution in [0.25, 0.3) is 11.9 Å². The van der Waals surface area contributed by atoms with Gasteiger partial charge in [0.05, 0.1) is 10.7 Å². The van der Waals surface area contributed by atoms with Gasteiger partial charge >= 0.3 is 0 Å². The van der Waals surface area contributed by atoms with Crippen LogP contribution < -0.4 is 16.3 Å². The second kappa shape index (κ2) is 4.38. The summed E-state index contributed by atoms with van der Waals surface area (Å²) in [7, 11) is 0. The molecule has 4 heteroatoms. The predicted octanol–water partition coefficient (Wildman–Crippen LogP) is 0.612. The van der Waals surface area contributed by atoms with Gasteiger partial charge in [0.25, 0.3) is 5.56 Å². The van der Waals surface area contributed by atoms with Crippen LogP contribution in [0.15, 0.2) is 4.79 Å². The summed E-state index contributed by atoms with van der Waals surface area (Å²) >= 11 is 0. The molecule has 0 saturated heterocycles. The number of H-pyrrole nitrogens is 1. The maximum atomic E-state index is 13.7. The summed E-state index contributed by atoms with van der Waals surface area (Å²) in [6.07, 6.45) is 1.68. The lowest BCUT2D eigenvalue weighted by molar-refractivity contribution is 0.619. The molecule has 1 aromatic heterocycles. The summed E-state index contributed by atoms with van der Waals surface area (Å²) in [5.74, 6) is -0.600. The van der Waals surface area contributed by atoms with E-state index in [0.29, 0.717) is 11.0 Å². The van der Waals surface area contributed by atoms with Crippen molar-refractivity contribution in [2.75, 3.05) is 0 Å². The highest BCUT2D eigenvalue weighted by molar-refractivity contribution is 5.36. The molecule has 3 nitrogen and oxygen atoms in total. The molecule has 0 unspecified atom stereocenters. The van der Waals surface area contributed by atoms with Crippen molar-refractivity contribution in [2.45, 2.75) is 27.7 Å². The van der Waals surface area contributed by atoms with Crippen LogP contribution in [-0.4, -0.2) is 9.97 Å². The highest BCUT2D eigenvalue weighted by atomic mass is 19.1. The van der Waals surface area contributed by atoms with Gasteiger partial charge in [0.15, 0.2) is 0 Å². The Bertz CT molecular complexity index is 528. The minimum Gasteiger partial charge on any atom is -0.317 e. The molecule has 82 valence electrons. The van der Waals surface area contributed by atoms with Crippen LogP contribution in [0.1, 0.15) is 26.5 Å². The van der Waals surface area contributed by atoms with Gasteiger partial charge in [0.1, 0.15) is 11.5 Å². The molecule has 1 rings (SSSR count). The topological polar surface area (TPSA) is 45.8 Å². The van der Waals surface area contributed by atoms with Crippen LogP contribution in [0.5, 0.6) is 0 Å². The molecule has 0 aliphatic heterocycles. The third-order valence-electron chi connectivity index (χ3n) is 2.13. The minimum absolute atomic E-state index is 0.197. The van der Waals surface area contributed by atoms with Gasteiger partial charge in [-0.25, -0.2) is 9.37 Å². The van der Waals surface area contributed by atoms with E-state index in [4.69, 9.17) is 0 Å². The van der Waals surface area contributed by atoms with E-state index in [2.05, 4.69) is 9.97 Å². The molecular formula is C11H15FN2O. The van der Waals surface area contributed by atoms with E-state index in [9.17, 15) is 9.18 Å². The molecule has 0 radical (unpaired) electrons. The summed E-state index contributed by atoms with van der Waals surface area (Å²) in [5, 5.41) is 0.682. The first-order chi connectivity index (χ1) is 6.97. The molecule has 0 atom stereocenters. The summed E-state index contributed by atoms with van der Waals surface area (Å²) in [6, 6.07) is 0. The second-order valence-corrected chi connectivity index (χ2v) is 3.70. The molecule has 1 heterocycles. The van der Waals surface area contributed by atoms with Gasteiger partial charge in [-0.1, -0.05) is 19.9 Å². The molecule has 0 fully saturated rings. The van der Waals surface area contributed by atoms with Crippen molar-refractivity contribution in [3.63, 3.8) is 0 Å². The largest absolute Gasteiger partial charge is 0.317 e. The van der Waals surface area contributed by atoms with Crippen molar-refractivity contribution in [1.82, 2.24) is 9.97 Å². The van der Waals surface area contributed by atoms with Crippen molar-refractivity contribution in [3.05, 3.63) is 26.7 Å². The molecule has 1 N–H and O–H groups in total. The fourth-order valence-corrected chi connectivity index (χ4v) is 1.23. The van der Waals surface area contributed by atoms with Crippen LogP contribution in [0.3, 0.4) is 0 Å². The van der Waals surface area contributed by atoms with E-state index in [1.807, 2.05) is 0 Å². The number of hydrogen-bond acceptors (Lipinski definition) is 2. The molecule has 0 aromatic carbocycles. The molecule has 1 aromatic rings. The van der Waals surface area contributed by atoms with Gasteiger partial charge in [0.2, 0.25) is 0 Å². The van der Waals surface area contributed by atoms with Crippen molar-refractivity contribution >= 4 is 11.9 Å². The second-order valence-electron chi connectivity index (χ2n) is 3.70. The van der Waals surface area contributed by atoms with E-state index in [-0.39, 0.29) is 22.7 Å².